The molecule has 0 spiro atoms. The molecular formula is C16H21N6O3+. The number of hydrogen-bond donors (Lipinski definition) is 3. The first-order valence-corrected chi connectivity index (χ1v) is 8.16. The topological polar surface area (TPSA) is 105 Å². The summed E-state index contributed by atoms with van der Waals surface area (Å²) >= 11 is 0. The van der Waals surface area contributed by atoms with Gasteiger partial charge >= 0.3 is 6.03 Å². The molecule has 0 saturated carbocycles. The average Bonchev–Trinajstić information content (AvgIpc) is 3.15. The van der Waals surface area contributed by atoms with E-state index in [0.29, 0.717) is 11.7 Å². The average molecular weight is 345 g/mol. The van der Waals surface area contributed by atoms with Crippen molar-refractivity contribution in [2.75, 3.05) is 37.6 Å². The molecule has 3 heterocycles. The maximum Gasteiger partial charge on any atom is 0.321 e. The zero-order valence-electron chi connectivity index (χ0n) is 13.8. The van der Waals surface area contributed by atoms with E-state index in [9.17, 15) is 9.59 Å². The molecule has 25 heavy (non-hydrogen) atoms. The Hall–Kier alpha value is -2.94. The minimum absolute atomic E-state index is 0.245. The number of nitrogens with one attached hydrogen (secondary N) is 3. The van der Waals surface area contributed by atoms with Crippen LogP contribution in [0, 0.1) is 0 Å². The van der Waals surface area contributed by atoms with Crippen molar-refractivity contribution < 1.29 is 18.9 Å². The Morgan fingerprint density at radius 2 is 1.96 bits per heavy atom. The Labute approximate surface area is 145 Å². The summed E-state index contributed by atoms with van der Waals surface area (Å²) in [6.45, 7) is 3.64. The number of imide groups is 1. The van der Waals surface area contributed by atoms with Gasteiger partial charge in [0.1, 0.15) is 5.76 Å². The van der Waals surface area contributed by atoms with Crippen molar-refractivity contribution >= 4 is 17.9 Å². The van der Waals surface area contributed by atoms with Crippen LogP contribution in [0.3, 0.4) is 0 Å². The Morgan fingerprint density at radius 1 is 1.20 bits per heavy atom. The number of amides is 3. The van der Waals surface area contributed by atoms with Crippen molar-refractivity contribution in [2.45, 2.75) is 6.54 Å². The van der Waals surface area contributed by atoms with Gasteiger partial charge in [-0.2, -0.15) is 0 Å². The third-order valence-electron chi connectivity index (χ3n) is 3.97. The molecule has 1 saturated heterocycles. The zero-order valence-corrected chi connectivity index (χ0v) is 13.8. The summed E-state index contributed by atoms with van der Waals surface area (Å²) in [5.41, 5.74) is 0. The van der Waals surface area contributed by atoms with Crippen LogP contribution < -0.4 is 20.4 Å². The van der Waals surface area contributed by atoms with Gasteiger partial charge in [0.15, 0.2) is 6.54 Å². The van der Waals surface area contributed by atoms with E-state index < -0.39 is 6.03 Å². The highest BCUT2D eigenvalue weighted by Gasteiger charge is 2.24. The summed E-state index contributed by atoms with van der Waals surface area (Å²) in [6.07, 6.45) is 4.97. The van der Waals surface area contributed by atoms with Gasteiger partial charge in [-0.3, -0.25) is 10.1 Å². The van der Waals surface area contributed by atoms with Gasteiger partial charge < -0.3 is 19.5 Å². The Bertz CT molecular complexity index is 683. The number of piperazine rings is 1. The van der Waals surface area contributed by atoms with E-state index in [1.807, 2.05) is 0 Å². The first-order chi connectivity index (χ1) is 12.2. The summed E-state index contributed by atoms with van der Waals surface area (Å²) < 4.78 is 5.11. The summed E-state index contributed by atoms with van der Waals surface area (Å²) in [4.78, 5) is 35.4. The van der Waals surface area contributed by atoms with Crippen molar-refractivity contribution in [2.24, 2.45) is 0 Å². The molecule has 0 radical (unpaired) electrons. The smallest absolute Gasteiger partial charge is 0.321 e. The monoisotopic (exact) mass is 345 g/mol. The summed E-state index contributed by atoms with van der Waals surface area (Å²) in [6, 6.07) is 4.76. The predicted molar refractivity (Wildman–Crippen MR) is 88.9 cm³/mol. The molecular weight excluding hydrogens is 324 g/mol. The predicted octanol–water partition coefficient (Wildman–Crippen LogP) is -1.20. The van der Waals surface area contributed by atoms with E-state index >= 15 is 0 Å². The number of anilines is 1. The number of carbonyl (C=O) groups is 2. The summed E-state index contributed by atoms with van der Waals surface area (Å²) in [5, 5.41) is 4.93. The second-order valence-corrected chi connectivity index (χ2v) is 5.77. The van der Waals surface area contributed by atoms with Crippen LogP contribution in [0.2, 0.25) is 0 Å². The molecule has 0 atom stereocenters. The van der Waals surface area contributed by atoms with Gasteiger partial charge in [0.25, 0.3) is 5.91 Å². The van der Waals surface area contributed by atoms with E-state index in [4.69, 9.17) is 4.42 Å². The Kier molecular flexibility index (Phi) is 5.57. The molecule has 1 aliphatic rings. The lowest BCUT2D eigenvalue weighted by atomic mass is 10.3. The standard InChI is InChI=1S/C16H20N6O3/c23-14(20-16(24)19-11-13-3-1-10-25-13)12-21-6-8-22(9-7-21)15-17-4-2-5-18-15/h1-5,10H,6-9,11-12H2,(H2,19,20,23,24)/p+1. The highest BCUT2D eigenvalue weighted by molar-refractivity contribution is 5.94. The molecule has 3 N–H and O–H groups in total. The maximum absolute atomic E-state index is 12.0. The first kappa shape index (κ1) is 16.9. The fraction of sp³-hybridized carbons (Fsp3) is 0.375. The lowest BCUT2D eigenvalue weighted by Gasteiger charge is -2.31. The summed E-state index contributed by atoms with van der Waals surface area (Å²) in [7, 11) is 0. The highest BCUT2D eigenvalue weighted by Crippen LogP contribution is 2.03. The molecule has 0 aliphatic carbocycles. The van der Waals surface area contributed by atoms with Crippen molar-refractivity contribution in [1.82, 2.24) is 20.6 Å². The van der Waals surface area contributed by atoms with E-state index in [0.717, 1.165) is 31.1 Å². The van der Waals surface area contributed by atoms with E-state index in [2.05, 4.69) is 25.5 Å². The Balaban J connectivity index is 1.36. The van der Waals surface area contributed by atoms with E-state index in [1.165, 1.54) is 6.26 Å². The molecule has 2 aromatic rings. The third-order valence-corrected chi connectivity index (χ3v) is 3.97. The molecule has 2 aromatic heterocycles. The van der Waals surface area contributed by atoms with Crippen molar-refractivity contribution in [1.29, 1.82) is 0 Å². The molecule has 9 nitrogen and oxygen atoms in total. The molecule has 9 heteroatoms. The molecule has 3 rings (SSSR count). The van der Waals surface area contributed by atoms with E-state index in [1.54, 1.807) is 30.6 Å². The number of furan rings is 1. The van der Waals surface area contributed by atoms with Crippen molar-refractivity contribution in [3.8, 4) is 0 Å². The highest BCUT2D eigenvalue weighted by atomic mass is 16.3. The molecule has 1 aliphatic heterocycles. The van der Waals surface area contributed by atoms with Gasteiger partial charge in [-0.05, 0) is 18.2 Å². The lowest BCUT2D eigenvalue weighted by Crippen LogP contribution is -3.16. The van der Waals surface area contributed by atoms with Gasteiger partial charge in [-0.25, -0.2) is 14.8 Å². The van der Waals surface area contributed by atoms with Gasteiger partial charge in [-0.15, -0.1) is 0 Å². The maximum atomic E-state index is 12.0. The minimum Gasteiger partial charge on any atom is -0.467 e. The van der Waals surface area contributed by atoms with Crippen LogP contribution in [0.5, 0.6) is 0 Å². The van der Waals surface area contributed by atoms with Gasteiger partial charge in [0.2, 0.25) is 5.95 Å². The van der Waals surface area contributed by atoms with Gasteiger partial charge in [0.05, 0.1) is 39.0 Å². The van der Waals surface area contributed by atoms with Crippen molar-refractivity contribution in [3.05, 3.63) is 42.6 Å². The van der Waals surface area contributed by atoms with Crippen LogP contribution in [-0.2, 0) is 11.3 Å². The van der Waals surface area contributed by atoms with Crippen LogP contribution in [0.1, 0.15) is 5.76 Å². The Morgan fingerprint density at radius 3 is 2.64 bits per heavy atom. The molecule has 0 bridgehead atoms. The SMILES string of the molecule is O=C(C[NH+]1CCN(c2ncccn2)CC1)NC(=O)NCc1ccco1. The molecule has 132 valence electrons. The quantitative estimate of drug-likeness (QED) is 0.629. The van der Waals surface area contributed by atoms with Crippen molar-refractivity contribution in [3.63, 3.8) is 0 Å². The third kappa shape index (κ3) is 5.01. The number of urea groups is 1. The largest absolute Gasteiger partial charge is 0.467 e. The zero-order chi connectivity index (χ0) is 17.5. The van der Waals surface area contributed by atoms with Crippen LogP contribution in [-0.4, -0.2) is 54.6 Å². The number of carbonyl (C=O) groups excluding carboxylic acids is 2. The molecule has 1 fully saturated rings. The second-order valence-electron chi connectivity index (χ2n) is 5.77. The molecule has 0 aromatic carbocycles. The van der Waals surface area contributed by atoms with Gasteiger partial charge in [0, 0.05) is 12.4 Å². The van der Waals surface area contributed by atoms with Crippen LogP contribution in [0.15, 0.2) is 41.3 Å². The molecule has 0 unspecified atom stereocenters. The first-order valence-electron chi connectivity index (χ1n) is 8.16. The second kappa shape index (κ2) is 8.25. The summed E-state index contributed by atoms with van der Waals surface area (Å²) in [5.74, 6) is 1.05. The number of nitrogens with zero attached hydrogens (tertiary/aromatic N) is 3. The number of quaternary nitrogens is 1. The lowest BCUT2D eigenvalue weighted by molar-refractivity contribution is -0.892. The van der Waals surface area contributed by atoms with Crippen LogP contribution in [0.25, 0.3) is 0 Å². The van der Waals surface area contributed by atoms with Gasteiger partial charge in [-0.1, -0.05) is 0 Å². The fourth-order valence-electron chi connectivity index (χ4n) is 2.68. The van der Waals surface area contributed by atoms with Crippen LogP contribution >= 0.6 is 0 Å². The number of rotatable bonds is 5. The normalized spacial score (nSPS) is 15.0. The fourth-order valence-corrected chi connectivity index (χ4v) is 2.68. The van der Waals surface area contributed by atoms with Crippen LogP contribution in [0.4, 0.5) is 10.7 Å². The number of aromatic nitrogens is 2. The van der Waals surface area contributed by atoms with E-state index in [-0.39, 0.29) is 19.0 Å². The minimum atomic E-state index is -0.517. The molecule has 3 amide bonds. The number of hydrogen-bond acceptors (Lipinski definition) is 6.